The second-order valence-corrected chi connectivity index (χ2v) is 5.27. The minimum absolute atomic E-state index is 0.0351. The third kappa shape index (κ3) is 3.94. The van der Waals surface area contributed by atoms with E-state index in [0.29, 0.717) is 5.69 Å². The van der Waals surface area contributed by atoms with Crippen LogP contribution in [0.4, 0.5) is 15.8 Å². The van der Waals surface area contributed by atoms with Crippen LogP contribution in [0, 0.1) is 11.7 Å². The second kappa shape index (κ2) is 6.55. The Hall–Kier alpha value is -1.58. The SMILES string of the molecule is Nc1cc(NC(=O)C2CCCCCCC2)ccc1F. The third-order valence-corrected chi connectivity index (χ3v) is 3.74. The number of anilines is 2. The Morgan fingerprint density at radius 1 is 1.16 bits per heavy atom. The van der Waals surface area contributed by atoms with E-state index in [-0.39, 0.29) is 17.5 Å². The van der Waals surface area contributed by atoms with Crippen LogP contribution in [-0.2, 0) is 4.79 Å². The van der Waals surface area contributed by atoms with E-state index in [4.69, 9.17) is 5.73 Å². The number of nitrogen functional groups attached to an aromatic ring is 1. The lowest BCUT2D eigenvalue weighted by molar-refractivity contribution is -0.120. The normalized spacial score (nSPS) is 17.5. The molecule has 3 nitrogen and oxygen atoms in total. The summed E-state index contributed by atoms with van der Waals surface area (Å²) in [6.07, 6.45) is 7.84. The lowest BCUT2D eigenvalue weighted by Gasteiger charge is -2.19. The average molecular weight is 264 g/mol. The van der Waals surface area contributed by atoms with Gasteiger partial charge in [-0.1, -0.05) is 32.1 Å². The number of hydrogen-bond acceptors (Lipinski definition) is 2. The predicted octanol–water partition coefficient (Wildman–Crippen LogP) is 3.71. The van der Waals surface area contributed by atoms with Crippen LogP contribution in [0.25, 0.3) is 0 Å². The van der Waals surface area contributed by atoms with E-state index in [2.05, 4.69) is 5.32 Å². The Morgan fingerprint density at radius 2 is 1.79 bits per heavy atom. The van der Waals surface area contributed by atoms with Crippen LogP contribution in [0.15, 0.2) is 18.2 Å². The number of hydrogen-bond donors (Lipinski definition) is 2. The number of nitrogens with one attached hydrogen (secondary N) is 1. The highest BCUT2D eigenvalue weighted by Gasteiger charge is 2.19. The van der Waals surface area contributed by atoms with E-state index in [1.165, 1.54) is 31.4 Å². The number of carbonyl (C=O) groups is 1. The molecule has 1 aromatic carbocycles. The molecule has 4 heteroatoms. The predicted molar refractivity (Wildman–Crippen MR) is 75.3 cm³/mol. The lowest BCUT2D eigenvalue weighted by Crippen LogP contribution is -2.23. The largest absolute Gasteiger partial charge is 0.396 e. The standard InChI is InChI=1S/C15H21FN2O/c16-13-9-8-12(10-14(13)17)18-15(19)11-6-4-2-1-3-5-7-11/h8-11H,1-7,17H2,(H,18,19). The molecule has 0 atom stereocenters. The minimum atomic E-state index is -0.455. The van der Waals surface area contributed by atoms with Gasteiger partial charge in [0.05, 0.1) is 5.69 Å². The quantitative estimate of drug-likeness (QED) is 0.800. The highest BCUT2D eigenvalue weighted by molar-refractivity contribution is 5.92. The fraction of sp³-hybridized carbons (Fsp3) is 0.533. The maximum atomic E-state index is 13.1. The zero-order chi connectivity index (χ0) is 13.7. The van der Waals surface area contributed by atoms with Gasteiger partial charge in [0.15, 0.2) is 0 Å². The fourth-order valence-electron chi connectivity index (χ4n) is 2.58. The molecule has 0 aromatic heterocycles. The van der Waals surface area contributed by atoms with Crippen molar-refractivity contribution in [3.63, 3.8) is 0 Å². The van der Waals surface area contributed by atoms with Crippen LogP contribution in [0.1, 0.15) is 44.9 Å². The molecule has 0 heterocycles. The maximum Gasteiger partial charge on any atom is 0.227 e. The fourth-order valence-corrected chi connectivity index (χ4v) is 2.58. The lowest BCUT2D eigenvalue weighted by atomic mass is 9.90. The number of nitrogens with two attached hydrogens (primary N) is 1. The van der Waals surface area contributed by atoms with Gasteiger partial charge in [0.1, 0.15) is 5.82 Å². The Labute approximate surface area is 113 Å². The first kappa shape index (κ1) is 13.8. The Balaban J connectivity index is 1.96. The van der Waals surface area contributed by atoms with Crippen LogP contribution >= 0.6 is 0 Å². The van der Waals surface area contributed by atoms with Crippen LogP contribution in [0.2, 0.25) is 0 Å². The summed E-state index contributed by atoms with van der Waals surface area (Å²) in [5.74, 6) is -0.344. The van der Waals surface area contributed by atoms with Crippen LogP contribution in [0.5, 0.6) is 0 Å². The molecule has 0 unspecified atom stereocenters. The Morgan fingerprint density at radius 3 is 2.42 bits per heavy atom. The van der Waals surface area contributed by atoms with Gasteiger partial charge in [-0.2, -0.15) is 0 Å². The van der Waals surface area contributed by atoms with Crippen LogP contribution in [0.3, 0.4) is 0 Å². The summed E-state index contributed by atoms with van der Waals surface area (Å²) >= 11 is 0. The molecule has 3 N–H and O–H groups in total. The molecular formula is C15H21FN2O. The molecule has 104 valence electrons. The van der Waals surface area contributed by atoms with Crippen LogP contribution in [-0.4, -0.2) is 5.91 Å². The number of benzene rings is 1. The van der Waals surface area contributed by atoms with Gasteiger partial charge >= 0.3 is 0 Å². The highest BCUT2D eigenvalue weighted by Crippen LogP contribution is 2.24. The molecule has 1 amide bonds. The molecule has 0 spiro atoms. The summed E-state index contributed by atoms with van der Waals surface area (Å²) in [4.78, 5) is 12.2. The van der Waals surface area contributed by atoms with E-state index in [1.807, 2.05) is 0 Å². The molecule has 0 bridgehead atoms. The first-order valence-corrected chi connectivity index (χ1v) is 7.02. The summed E-state index contributed by atoms with van der Waals surface area (Å²) in [7, 11) is 0. The molecule has 2 rings (SSSR count). The molecule has 1 aliphatic carbocycles. The van der Waals surface area contributed by atoms with Gasteiger partial charge in [0.25, 0.3) is 0 Å². The summed E-state index contributed by atoms with van der Waals surface area (Å²) < 4.78 is 13.1. The van der Waals surface area contributed by atoms with Crippen molar-refractivity contribution in [2.24, 2.45) is 5.92 Å². The van der Waals surface area contributed by atoms with Gasteiger partial charge in [-0.05, 0) is 31.0 Å². The smallest absolute Gasteiger partial charge is 0.227 e. The summed E-state index contributed by atoms with van der Waals surface area (Å²) in [5.41, 5.74) is 6.13. The maximum absolute atomic E-state index is 13.1. The van der Waals surface area contributed by atoms with Crippen molar-refractivity contribution in [3.8, 4) is 0 Å². The number of amides is 1. The molecular weight excluding hydrogens is 243 g/mol. The second-order valence-electron chi connectivity index (χ2n) is 5.27. The van der Waals surface area contributed by atoms with E-state index in [0.717, 1.165) is 25.7 Å². The van der Waals surface area contributed by atoms with E-state index < -0.39 is 5.82 Å². The molecule has 1 aromatic rings. The van der Waals surface area contributed by atoms with Gasteiger partial charge in [-0.15, -0.1) is 0 Å². The molecule has 0 radical (unpaired) electrons. The summed E-state index contributed by atoms with van der Waals surface area (Å²) in [5, 5.41) is 2.84. The Bertz CT molecular complexity index is 440. The minimum Gasteiger partial charge on any atom is -0.396 e. The van der Waals surface area contributed by atoms with Crippen molar-refractivity contribution in [1.82, 2.24) is 0 Å². The third-order valence-electron chi connectivity index (χ3n) is 3.74. The van der Waals surface area contributed by atoms with Crippen LogP contribution < -0.4 is 11.1 Å². The van der Waals surface area contributed by atoms with Gasteiger partial charge in [-0.3, -0.25) is 4.79 Å². The summed E-state index contributed by atoms with van der Waals surface area (Å²) in [6, 6.07) is 4.30. The first-order chi connectivity index (χ1) is 9.16. The molecule has 0 aliphatic heterocycles. The average Bonchev–Trinajstić information content (AvgIpc) is 2.33. The number of carbonyl (C=O) groups excluding carboxylic acids is 1. The van der Waals surface area contributed by atoms with Gasteiger partial charge < -0.3 is 11.1 Å². The molecule has 1 aliphatic rings. The van der Waals surface area contributed by atoms with Gasteiger partial charge in [-0.25, -0.2) is 4.39 Å². The van der Waals surface area contributed by atoms with Crippen molar-refractivity contribution >= 4 is 17.3 Å². The van der Waals surface area contributed by atoms with E-state index in [9.17, 15) is 9.18 Å². The molecule has 1 fully saturated rings. The first-order valence-electron chi connectivity index (χ1n) is 7.02. The Kier molecular flexibility index (Phi) is 4.77. The topological polar surface area (TPSA) is 55.1 Å². The van der Waals surface area contributed by atoms with E-state index >= 15 is 0 Å². The number of halogens is 1. The van der Waals surface area contributed by atoms with E-state index in [1.54, 1.807) is 6.07 Å². The van der Waals surface area contributed by atoms with Crippen molar-refractivity contribution in [2.45, 2.75) is 44.9 Å². The van der Waals surface area contributed by atoms with Gasteiger partial charge in [0.2, 0.25) is 5.91 Å². The highest BCUT2D eigenvalue weighted by atomic mass is 19.1. The van der Waals surface area contributed by atoms with Gasteiger partial charge in [0, 0.05) is 11.6 Å². The molecule has 0 saturated heterocycles. The molecule has 1 saturated carbocycles. The summed E-state index contributed by atoms with van der Waals surface area (Å²) in [6.45, 7) is 0. The number of rotatable bonds is 2. The monoisotopic (exact) mass is 264 g/mol. The van der Waals surface area contributed by atoms with Crippen molar-refractivity contribution in [3.05, 3.63) is 24.0 Å². The van der Waals surface area contributed by atoms with Crippen molar-refractivity contribution < 1.29 is 9.18 Å². The molecule has 19 heavy (non-hydrogen) atoms. The zero-order valence-corrected chi connectivity index (χ0v) is 11.1. The van der Waals surface area contributed by atoms with Crippen molar-refractivity contribution in [2.75, 3.05) is 11.1 Å². The van der Waals surface area contributed by atoms with Crippen molar-refractivity contribution in [1.29, 1.82) is 0 Å². The zero-order valence-electron chi connectivity index (χ0n) is 11.1.